The molecule has 6 heteroatoms. The highest BCUT2D eigenvalue weighted by Crippen LogP contribution is 2.30. The van der Waals surface area contributed by atoms with Crippen LogP contribution in [0.5, 0.6) is 11.5 Å². The lowest BCUT2D eigenvalue weighted by atomic mass is 9.96. The van der Waals surface area contributed by atoms with E-state index in [0.717, 1.165) is 36.4 Å². The fourth-order valence-electron chi connectivity index (χ4n) is 3.20. The van der Waals surface area contributed by atoms with Gasteiger partial charge in [-0.3, -0.25) is 9.59 Å². The molecule has 2 heterocycles. The lowest BCUT2D eigenvalue weighted by Crippen LogP contribution is -2.36. The molecule has 1 saturated heterocycles. The number of carbonyl (C=O) groups excluding carboxylic acids is 2. The summed E-state index contributed by atoms with van der Waals surface area (Å²) >= 11 is 0. The number of fused-ring (bicyclic) bond motifs is 1. The van der Waals surface area contributed by atoms with Crippen LogP contribution in [-0.4, -0.2) is 50.1 Å². The zero-order chi connectivity index (χ0) is 16.9. The van der Waals surface area contributed by atoms with Gasteiger partial charge in [0.1, 0.15) is 11.5 Å². The molecule has 24 heavy (non-hydrogen) atoms. The van der Waals surface area contributed by atoms with Gasteiger partial charge in [-0.1, -0.05) is 6.07 Å². The summed E-state index contributed by atoms with van der Waals surface area (Å²) in [6.07, 6.45) is 2.77. The molecule has 0 aliphatic carbocycles. The first-order valence-electron chi connectivity index (χ1n) is 8.50. The highest BCUT2D eigenvalue weighted by molar-refractivity contribution is 5.80. The second kappa shape index (κ2) is 7.55. The minimum Gasteiger partial charge on any atom is -0.497 e. The van der Waals surface area contributed by atoms with Crippen LogP contribution in [0.2, 0.25) is 0 Å². The topological polar surface area (TPSA) is 67.9 Å². The number of amides is 2. The fourth-order valence-corrected chi connectivity index (χ4v) is 3.20. The van der Waals surface area contributed by atoms with E-state index in [1.54, 1.807) is 12.0 Å². The zero-order valence-electron chi connectivity index (χ0n) is 14.0. The number of rotatable bonds is 6. The summed E-state index contributed by atoms with van der Waals surface area (Å²) in [4.78, 5) is 25.3. The van der Waals surface area contributed by atoms with E-state index in [1.165, 1.54) is 0 Å². The summed E-state index contributed by atoms with van der Waals surface area (Å²) in [5.41, 5.74) is 1.14. The molecule has 0 saturated carbocycles. The summed E-state index contributed by atoms with van der Waals surface area (Å²) < 4.78 is 11.0. The maximum Gasteiger partial charge on any atom is 0.222 e. The van der Waals surface area contributed by atoms with Crippen LogP contribution in [-0.2, 0) is 16.0 Å². The lowest BCUT2D eigenvalue weighted by molar-refractivity contribution is -0.128. The molecule has 1 atom stereocenters. The molecule has 1 fully saturated rings. The molecule has 0 bridgehead atoms. The maximum atomic E-state index is 12.0. The van der Waals surface area contributed by atoms with Gasteiger partial charge >= 0.3 is 0 Å². The Morgan fingerprint density at radius 3 is 3.08 bits per heavy atom. The van der Waals surface area contributed by atoms with E-state index in [-0.39, 0.29) is 17.7 Å². The molecule has 2 amide bonds. The van der Waals surface area contributed by atoms with Gasteiger partial charge in [0.25, 0.3) is 0 Å². The number of benzene rings is 1. The summed E-state index contributed by atoms with van der Waals surface area (Å²) in [5, 5.41) is 2.96. The summed E-state index contributed by atoms with van der Waals surface area (Å²) in [6, 6.07) is 5.84. The molecule has 2 aliphatic rings. The smallest absolute Gasteiger partial charge is 0.222 e. The molecule has 3 rings (SSSR count). The van der Waals surface area contributed by atoms with Gasteiger partial charge in [0.2, 0.25) is 11.8 Å². The lowest BCUT2D eigenvalue weighted by Gasteiger charge is -2.26. The summed E-state index contributed by atoms with van der Waals surface area (Å²) in [5.74, 6) is 2.08. The zero-order valence-corrected chi connectivity index (χ0v) is 14.0. The number of likely N-dealkylation sites (tertiary alicyclic amines) is 1. The van der Waals surface area contributed by atoms with Crippen molar-refractivity contribution >= 4 is 11.8 Å². The van der Waals surface area contributed by atoms with Gasteiger partial charge in [0.15, 0.2) is 0 Å². The van der Waals surface area contributed by atoms with E-state index in [2.05, 4.69) is 5.32 Å². The van der Waals surface area contributed by atoms with Crippen LogP contribution >= 0.6 is 0 Å². The van der Waals surface area contributed by atoms with Crippen LogP contribution in [0, 0.1) is 5.92 Å². The van der Waals surface area contributed by atoms with Crippen molar-refractivity contribution in [3.8, 4) is 11.5 Å². The molecule has 0 aromatic heterocycles. The predicted molar refractivity (Wildman–Crippen MR) is 89.1 cm³/mol. The van der Waals surface area contributed by atoms with Crippen LogP contribution < -0.4 is 14.8 Å². The van der Waals surface area contributed by atoms with E-state index in [0.29, 0.717) is 32.5 Å². The van der Waals surface area contributed by atoms with Gasteiger partial charge in [-0.25, -0.2) is 0 Å². The van der Waals surface area contributed by atoms with Gasteiger partial charge in [-0.2, -0.15) is 0 Å². The Morgan fingerprint density at radius 2 is 2.33 bits per heavy atom. The molecular weight excluding hydrogens is 308 g/mol. The van der Waals surface area contributed by atoms with E-state index >= 15 is 0 Å². The van der Waals surface area contributed by atoms with Crippen LogP contribution in [0.4, 0.5) is 0 Å². The number of nitrogens with one attached hydrogen (secondary N) is 1. The van der Waals surface area contributed by atoms with Crippen molar-refractivity contribution in [2.75, 3.05) is 33.4 Å². The van der Waals surface area contributed by atoms with Gasteiger partial charge in [0, 0.05) is 44.5 Å². The monoisotopic (exact) mass is 332 g/mol. The molecule has 0 spiro atoms. The van der Waals surface area contributed by atoms with Crippen LogP contribution in [0.3, 0.4) is 0 Å². The second-order valence-corrected chi connectivity index (χ2v) is 6.39. The number of ether oxygens (including phenoxy) is 2. The Bertz CT molecular complexity index is 617. The quantitative estimate of drug-likeness (QED) is 0.854. The Kier molecular flexibility index (Phi) is 5.23. The van der Waals surface area contributed by atoms with Gasteiger partial charge < -0.3 is 19.7 Å². The molecule has 1 aromatic carbocycles. The number of methoxy groups -OCH3 is 1. The molecule has 2 aliphatic heterocycles. The van der Waals surface area contributed by atoms with Gasteiger partial charge in [-0.15, -0.1) is 0 Å². The number of nitrogens with zero attached hydrogens (tertiary/aromatic N) is 1. The largest absolute Gasteiger partial charge is 0.497 e. The SMILES string of the molecule is COc1ccc2c(c1)OC[C@@H](CNC(=O)CCN1CCCC1=O)C2. The predicted octanol–water partition coefficient (Wildman–Crippen LogP) is 1.37. The van der Waals surface area contributed by atoms with Crippen molar-refractivity contribution in [1.29, 1.82) is 0 Å². The third-order valence-electron chi connectivity index (χ3n) is 4.63. The highest BCUT2D eigenvalue weighted by atomic mass is 16.5. The number of carbonyl (C=O) groups is 2. The highest BCUT2D eigenvalue weighted by Gasteiger charge is 2.22. The third kappa shape index (κ3) is 3.99. The van der Waals surface area contributed by atoms with Crippen LogP contribution in [0.1, 0.15) is 24.8 Å². The minimum absolute atomic E-state index is 0.00442. The molecule has 1 N–H and O–H groups in total. The van der Waals surface area contributed by atoms with E-state index < -0.39 is 0 Å². The van der Waals surface area contributed by atoms with Crippen molar-refractivity contribution < 1.29 is 19.1 Å². The average molecular weight is 332 g/mol. The van der Waals surface area contributed by atoms with E-state index in [1.807, 2.05) is 18.2 Å². The fraction of sp³-hybridized carbons (Fsp3) is 0.556. The Balaban J connectivity index is 1.42. The van der Waals surface area contributed by atoms with Crippen molar-refractivity contribution in [2.45, 2.75) is 25.7 Å². The standard InChI is InChI=1S/C18H24N2O4/c1-23-15-5-4-14-9-13(12-24-16(14)10-15)11-19-17(21)6-8-20-7-2-3-18(20)22/h4-5,10,13H,2-3,6-9,11-12H2,1H3,(H,19,21)/t13-/m1/s1. The Hall–Kier alpha value is -2.24. The molecule has 6 nitrogen and oxygen atoms in total. The van der Waals surface area contributed by atoms with Crippen LogP contribution in [0.15, 0.2) is 18.2 Å². The number of hydrogen-bond acceptors (Lipinski definition) is 4. The number of hydrogen-bond donors (Lipinski definition) is 1. The first-order valence-corrected chi connectivity index (χ1v) is 8.50. The molecule has 0 unspecified atom stereocenters. The first-order chi connectivity index (χ1) is 11.7. The molecule has 130 valence electrons. The van der Waals surface area contributed by atoms with Gasteiger partial charge in [0.05, 0.1) is 13.7 Å². The van der Waals surface area contributed by atoms with Crippen molar-refractivity contribution in [2.24, 2.45) is 5.92 Å². The maximum absolute atomic E-state index is 12.0. The van der Waals surface area contributed by atoms with E-state index in [4.69, 9.17) is 9.47 Å². The summed E-state index contributed by atoms with van der Waals surface area (Å²) in [7, 11) is 1.64. The second-order valence-electron chi connectivity index (χ2n) is 6.39. The molecule has 1 aromatic rings. The summed E-state index contributed by atoms with van der Waals surface area (Å²) in [6.45, 7) is 2.49. The van der Waals surface area contributed by atoms with Crippen molar-refractivity contribution in [3.05, 3.63) is 23.8 Å². The Morgan fingerprint density at radius 1 is 1.46 bits per heavy atom. The molecular formula is C18H24N2O4. The van der Waals surface area contributed by atoms with Crippen molar-refractivity contribution in [1.82, 2.24) is 10.2 Å². The third-order valence-corrected chi connectivity index (χ3v) is 4.63. The average Bonchev–Trinajstić information content (AvgIpc) is 3.02. The van der Waals surface area contributed by atoms with Crippen LogP contribution in [0.25, 0.3) is 0 Å². The minimum atomic E-state index is -0.00442. The molecule has 0 radical (unpaired) electrons. The Labute approximate surface area is 142 Å². The van der Waals surface area contributed by atoms with Gasteiger partial charge in [-0.05, 0) is 24.5 Å². The van der Waals surface area contributed by atoms with Crippen molar-refractivity contribution in [3.63, 3.8) is 0 Å². The first kappa shape index (κ1) is 16.6. The van der Waals surface area contributed by atoms with E-state index in [9.17, 15) is 9.59 Å². The normalized spacial score (nSPS) is 19.6.